The van der Waals surface area contributed by atoms with Crippen molar-refractivity contribution in [2.45, 2.75) is 40.0 Å². The number of nitrogens with zero attached hydrogens (tertiary/aromatic N) is 4. The van der Waals surface area contributed by atoms with E-state index in [0.717, 1.165) is 28.5 Å². The van der Waals surface area contributed by atoms with E-state index in [0.29, 0.717) is 6.67 Å². The molecule has 0 spiro atoms. The quantitative estimate of drug-likeness (QED) is 0.177. The summed E-state index contributed by atoms with van der Waals surface area (Å²) in [4.78, 5) is 9.69. The molecular weight excluding hydrogens is 681 g/mol. The summed E-state index contributed by atoms with van der Waals surface area (Å²) >= 11 is 1.84. The zero-order valence-corrected chi connectivity index (χ0v) is 31.9. The summed E-state index contributed by atoms with van der Waals surface area (Å²) in [5.41, 5.74) is 11.0. The monoisotopic (exact) mass is 720 g/mol. The molecule has 0 aliphatic carbocycles. The van der Waals surface area contributed by atoms with E-state index in [1.165, 1.54) is 70.2 Å². The molecule has 0 fully saturated rings. The number of pyridine rings is 1. The highest BCUT2D eigenvalue weighted by Gasteiger charge is 2.30. The number of benzene rings is 6. The highest BCUT2D eigenvalue weighted by Crippen LogP contribution is 2.48. The fourth-order valence-corrected chi connectivity index (χ4v) is 9.48. The minimum absolute atomic E-state index is 0.0916. The van der Waals surface area contributed by atoms with E-state index in [4.69, 9.17) is 9.72 Å². The van der Waals surface area contributed by atoms with E-state index < -0.39 is 0 Å². The molecule has 264 valence electrons. The zero-order valence-electron chi connectivity index (χ0n) is 31.1. The van der Waals surface area contributed by atoms with Crippen molar-refractivity contribution >= 4 is 76.1 Å². The predicted molar refractivity (Wildman–Crippen MR) is 228 cm³/mol. The minimum Gasteiger partial charge on any atom is -0.457 e. The summed E-state index contributed by atoms with van der Waals surface area (Å²) in [6.45, 7) is 12.0. The molecule has 1 aliphatic heterocycles. The molecule has 0 radical (unpaired) electrons. The molecule has 1 aliphatic rings. The molecule has 54 heavy (non-hydrogen) atoms. The third kappa shape index (κ3) is 5.16. The van der Waals surface area contributed by atoms with Crippen molar-refractivity contribution in [3.8, 4) is 17.3 Å². The Labute approximate surface area is 319 Å². The molecule has 0 N–H and O–H groups in total. The number of fused-ring (bicyclic) bond motifs is 8. The first kappa shape index (κ1) is 32.5. The maximum absolute atomic E-state index is 6.73. The lowest BCUT2D eigenvalue weighted by atomic mass is 9.84. The lowest BCUT2D eigenvalue weighted by molar-refractivity contribution is 0.483. The Morgan fingerprint density at radius 1 is 0.630 bits per heavy atom. The van der Waals surface area contributed by atoms with Crippen LogP contribution in [0.3, 0.4) is 0 Å². The van der Waals surface area contributed by atoms with Gasteiger partial charge in [-0.25, -0.2) is 4.98 Å². The van der Waals surface area contributed by atoms with Gasteiger partial charge in [-0.1, -0.05) is 81.4 Å². The zero-order chi connectivity index (χ0) is 36.7. The van der Waals surface area contributed by atoms with Crippen LogP contribution in [0, 0.1) is 13.8 Å². The van der Waals surface area contributed by atoms with Crippen molar-refractivity contribution in [1.29, 1.82) is 0 Å². The predicted octanol–water partition coefficient (Wildman–Crippen LogP) is 13.5. The summed E-state index contributed by atoms with van der Waals surface area (Å²) in [6.07, 6.45) is 1.87. The Morgan fingerprint density at radius 3 is 2.13 bits per heavy atom. The van der Waals surface area contributed by atoms with Gasteiger partial charge in [0.2, 0.25) is 0 Å². The smallest absolute Gasteiger partial charge is 0.137 e. The number of ether oxygens (including phenoxy) is 1. The number of hydrogen-bond donors (Lipinski definition) is 0. The topological polar surface area (TPSA) is 33.5 Å². The number of thiophene rings is 1. The Hall–Kier alpha value is -6.11. The molecule has 0 unspecified atom stereocenters. The van der Waals surface area contributed by atoms with E-state index in [2.05, 4.69) is 170 Å². The standard InChI is InChI=1S/C48H40N4OS/c1-30-25-32(48(3,4)5)26-31(2)46(30)51-29-50(39-16-7-8-17-40(39)51)33-13-12-14-34(27-33)53-35-20-21-36-37-22-23-43-45(38-15-6-9-18-42(38)54-43)47(37)52(41(36)28-35)44-19-10-11-24-49-44/h6-28H,29H2,1-5H3. The second-order valence-electron chi connectivity index (χ2n) is 15.4. The van der Waals surface area contributed by atoms with Crippen molar-refractivity contribution in [3.05, 3.63) is 156 Å². The van der Waals surface area contributed by atoms with Gasteiger partial charge in [0, 0.05) is 60.6 Å². The summed E-state index contributed by atoms with van der Waals surface area (Å²) in [6, 6.07) is 47.7. The molecule has 6 heteroatoms. The van der Waals surface area contributed by atoms with Gasteiger partial charge in [-0.05, 0) is 96.6 Å². The van der Waals surface area contributed by atoms with Gasteiger partial charge in [-0.3, -0.25) is 4.57 Å². The van der Waals surface area contributed by atoms with Crippen LogP contribution >= 0.6 is 11.3 Å². The molecule has 0 bridgehead atoms. The van der Waals surface area contributed by atoms with Crippen molar-refractivity contribution in [3.63, 3.8) is 0 Å². The van der Waals surface area contributed by atoms with E-state index in [-0.39, 0.29) is 5.41 Å². The fraction of sp³-hybridized carbons (Fsp3) is 0.146. The molecule has 4 heterocycles. The van der Waals surface area contributed by atoms with Crippen LogP contribution in [0.2, 0.25) is 0 Å². The Morgan fingerprint density at radius 2 is 1.35 bits per heavy atom. The van der Waals surface area contributed by atoms with Crippen molar-refractivity contribution in [2.75, 3.05) is 16.5 Å². The van der Waals surface area contributed by atoms with Crippen LogP contribution in [-0.4, -0.2) is 16.2 Å². The van der Waals surface area contributed by atoms with Crippen molar-refractivity contribution in [1.82, 2.24) is 9.55 Å². The summed E-state index contributed by atoms with van der Waals surface area (Å²) in [5.74, 6) is 2.45. The first-order valence-corrected chi connectivity index (χ1v) is 19.4. The Balaban J connectivity index is 1.05. The largest absolute Gasteiger partial charge is 0.457 e. The molecule has 3 aromatic heterocycles. The average molecular weight is 721 g/mol. The number of anilines is 4. The molecule has 0 saturated heterocycles. The van der Waals surface area contributed by atoms with Crippen LogP contribution < -0.4 is 14.5 Å². The van der Waals surface area contributed by atoms with E-state index >= 15 is 0 Å². The molecular formula is C48H40N4OS. The molecule has 6 aromatic carbocycles. The van der Waals surface area contributed by atoms with E-state index in [9.17, 15) is 0 Å². The molecule has 5 nitrogen and oxygen atoms in total. The fourth-order valence-electron chi connectivity index (χ4n) is 8.37. The molecule has 10 rings (SSSR count). The molecule has 0 atom stereocenters. The summed E-state index contributed by atoms with van der Waals surface area (Å²) in [5, 5.41) is 4.91. The SMILES string of the molecule is Cc1cc(C(C)(C)C)cc(C)c1N1CN(c2cccc(Oc3ccc4c5ccc6sc7ccccc7c6c5n(-c5ccccn5)c4c3)c2)c2ccccc21. The van der Waals surface area contributed by atoms with Gasteiger partial charge in [-0.15, -0.1) is 11.3 Å². The Kier molecular flexibility index (Phi) is 7.36. The van der Waals surface area contributed by atoms with Gasteiger partial charge >= 0.3 is 0 Å². The van der Waals surface area contributed by atoms with Gasteiger partial charge in [-0.2, -0.15) is 0 Å². The maximum atomic E-state index is 6.73. The number of rotatable bonds is 5. The third-order valence-corrected chi connectivity index (χ3v) is 12.0. The first-order chi connectivity index (χ1) is 26.2. The van der Waals surface area contributed by atoms with Gasteiger partial charge < -0.3 is 14.5 Å². The molecule has 0 amide bonds. The van der Waals surface area contributed by atoms with Crippen LogP contribution in [0.5, 0.6) is 11.5 Å². The lowest BCUT2D eigenvalue weighted by Gasteiger charge is -2.28. The van der Waals surface area contributed by atoms with Crippen LogP contribution in [0.4, 0.5) is 22.7 Å². The second-order valence-corrected chi connectivity index (χ2v) is 16.5. The number of aromatic nitrogens is 2. The van der Waals surface area contributed by atoms with Crippen LogP contribution in [-0.2, 0) is 5.41 Å². The molecule has 0 saturated carbocycles. The van der Waals surface area contributed by atoms with Crippen molar-refractivity contribution < 1.29 is 4.74 Å². The van der Waals surface area contributed by atoms with Gasteiger partial charge in [0.15, 0.2) is 0 Å². The van der Waals surface area contributed by atoms with Gasteiger partial charge in [0.1, 0.15) is 24.0 Å². The van der Waals surface area contributed by atoms with Gasteiger partial charge in [0.25, 0.3) is 0 Å². The highest BCUT2D eigenvalue weighted by molar-refractivity contribution is 7.26. The van der Waals surface area contributed by atoms with Gasteiger partial charge in [0.05, 0.1) is 22.4 Å². The average Bonchev–Trinajstić information content (AvgIpc) is 3.84. The van der Waals surface area contributed by atoms with E-state index in [1.807, 2.05) is 29.7 Å². The molecule has 9 aromatic rings. The highest BCUT2D eigenvalue weighted by atomic mass is 32.1. The normalized spacial score (nSPS) is 13.1. The second kappa shape index (κ2) is 12.2. The van der Waals surface area contributed by atoms with Crippen molar-refractivity contribution in [2.24, 2.45) is 0 Å². The first-order valence-electron chi connectivity index (χ1n) is 18.6. The summed E-state index contributed by atoms with van der Waals surface area (Å²) < 4.78 is 11.6. The number of para-hydroxylation sites is 2. The number of aryl methyl sites for hydroxylation is 2. The third-order valence-electron chi connectivity index (χ3n) is 10.9. The van der Waals surface area contributed by atoms with Crippen LogP contribution in [0.25, 0.3) is 47.8 Å². The number of hydrogen-bond acceptors (Lipinski definition) is 5. The van der Waals surface area contributed by atoms with Crippen LogP contribution in [0.1, 0.15) is 37.5 Å². The minimum atomic E-state index is 0.0916. The van der Waals surface area contributed by atoms with E-state index in [1.54, 1.807) is 0 Å². The van der Waals surface area contributed by atoms with Crippen LogP contribution in [0.15, 0.2) is 140 Å². The Bertz CT molecular complexity index is 2890. The summed E-state index contributed by atoms with van der Waals surface area (Å²) in [7, 11) is 0. The maximum Gasteiger partial charge on any atom is 0.137 e. The lowest BCUT2D eigenvalue weighted by Crippen LogP contribution is -2.25.